The maximum atomic E-state index is 9.52. The number of benzene rings is 1. The van der Waals surface area contributed by atoms with Gasteiger partial charge in [0.1, 0.15) is 0 Å². The molecule has 1 atom stereocenters. The lowest BCUT2D eigenvalue weighted by Crippen LogP contribution is -2.05. The lowest BCUT2D eigenvalue weighted by Gasteiger charge is -2.07. The molecule has 0 bridgehead atoms. The van der Waals surface area contributed by atoms with Gasteiger partial charge >= 0.3 is 0 Å². The van der Waals surface area contributed by atoms with Crippen LogP contribution in [0.15, 0.2) is 35.9 Å². The van der Waals surface area contributed by atoms with Gasteiger partial charge in [-0.2, -0.15) is 0 Å². The standard InChI is InChI=1S/C12H16O/c1-3-12(13)10(2)9-11-7-5-4-6-8-11/h4-9,12-13H,3H2,1-2H3/b10-9+. The molecule has 1 aromatic carbocycles. The molecule has 1 unspecified atom stereocenters. The zero-order chi connectivity index (χ0) is 9.68. The topological polar surface area (TPSA) is 20.2 Å². The zero-order valence-corrected chi connectivity index (χ0v) is 8.20. The van der Waals surface area contributed by atoms with E-state index in [0.717, 1.165) is 17.6 Å². The highest BCUT2D eigenvalue weighted by molar-refractivity contribution is 5.52. The van der Waals surface area contributed by atoms with Crippen molar-refractivity contribution in [1.29, 1.82) is 0 Å². The van der Waals surface area contributed by atoms with Gasteiger partial charge in [-0.25, -0.2) is 0 Å². The minimum absolute atomic E-state index is 0.305. The summed E-state index contributed by atoms with van der Waals surface area (Å²) >= 11 is 0. The van der Waals surface area contributed by atoms with E-state index < -0.39 is 0 Å². The first-order chi connectivity index (χ1) is 6.24. The Bertz CT molecular complexity index is 274. The maximum absolute atomic E-state index is 9.52. The minimum Gasteiger partial charge on any atom is -0.389 e. The molecule has 0 aliphatic heterocycles. The molecule has 0 heterocycles. The molecule has 1 aromatic rings. The molecule has 1 heteroatoms. The summed E-state index contributed by atoms with van der Waals surface area (Å²) in [6.45, 7) is 3.94. The van der Waals surface area contributed by atoms with Crippen LogP contribution in [0, 0.1) is 0 Å². The number of aliphatic hydroxyl groups is 1. The Labute approximate surface area is 79.7 Å². The Balaban J connectivity index is 2.77. The SMILES string of the molecule is CCC(O)/C(C)=C/c1ccccc1. The van der Waals surface area contributed by atoms with Crippen LogP contribution in [0.3, 0.4) is 0 Å². The normalized spacial score (nSPS) is 14.2. The third kappa shape index (κ3) is 3.03. The molecule has 0 aliphatic rings. The van der Waals surface area contributed by atoms with Crippen LogP contribution in [-0.4, -0.2) is 11.2 Å². The lowest BCUT2D eigenvalue weighted by atomic mass is 10.1. The van der Waals surface area contributed by atoms with Crippen LogP contribution in [0.5, 0.6) is 0 Å². The molecule has 13 heavy (non-hydrogen) atoms. The molecule has 0 spiro atoms. The zero-order valence-electron chi connectivity index (χ0n) is 8.20. The molecule has 1 N–H and O–H groups in total. The van der Waals surface area contributed by atoms with Crippen LogP contribution < -0.4 is 0 Å². The van der Waals surface area contributed by atoms with E-state index >= 15 is 0 Å². The second-order valence-corrected chi connectivity index (χ2v) is 3.22. The van der Waals surface area contributed by atoms with Crippen molar-refractivity contribution in [2.45, 2.75) is 26.4 Å². The summed E-state index contributed by atoms with van der Waals surface area (Å²) in [5.74, 6) is 0. The first-order valence-corrected chi connectivity index (χ1v) is 4.65. The van der Waals surface area contributed by atoms with Gasteiger partial charge in [0.25, 0.3) is 0 Å². The van der Waals surface area contributed by atoms with Gasteiger partial charge < -0.3 is 5.11 Å². The molecular formula is C12H16O. The molecule has 1 rings (SSSR count). The van der Waals surface area contributed by atoms with Gasteiger partial charge in [0.15, 0.2) is 0 Å². The van der Waals surface area contributed by atoms with Crippen LogP contribution in [0.2, 0.25) is 0 Å². The number of rotatable bonds is 3. The van der Waals surface area contributed by atoms with E-state index in [1.165, 1.54) is 0 Å². The van der Waals surface area contributed by atoms with Gasteiger partial charge in [0.05, 0.1) is 6.10 Å². The van der Waals surface area contributed by atoms with E-state index in [-0.39, 0.29) is 6.10 Å². The Kier molecular flexibility index (Phi) is 3.71. The molecule has 0 saturated carbocycles. The molecule has 0 saturated heterocycles. The summed E-state index contributed by atoms with van der Waals surface area (Å²) in [7, 11) is 0. The van der Waals surface area contributed by atoms with Crippen LogP contribution in [-0.2, 0) is 0 Å². The maximum Gasteiger partial charge on any atom is 0.0748 e. The van der Waals surface area contributed by atoms with Crippen molar-refractivity contribution >= 4 is 6.08 Å². The number of hydrogen-bond acceptors (Lipinski definition) is 1. The summed E-state index contributed by atoms with van der Waals surface area (Å²) in [6.07, 6.45) is 2.49. The molecular weight excluding hydrogens is 160 g/mol. The predicted octanol–water partition coefficient (Wildman–Crippen LogP) is 2.86. The fourth-order valence-electron chi connectivity index (χ4n) is 1.23. The molecule has 0 aliphatic carbocycles. The van der Waals surface area contributed by atoms with E-state index in [2.05, 4.69) is 0 Å². The molecule has 0 aromatic heterocycles. The van der Waals surface area contributed by atoms with Crippen molar-refractivity contribution in [3.05, 3.63) is 41.5 Å². The second-order valence-electron chi connectivity index (χ2n) is 3.22. The van der Waals surface area contributed by atoms with E-state index in [1.807, 2.05) is 50.3 Å². The van der Waals surface area contributed by atoms with E-state index in [4.69, 9.17) is 0 Å². The lowest BCUT2D eigenvalue weighted by molar-refractivity contribution is 0.208. The molecule has 0 amide bonds. The van der Waals surface area contributed by atoms with Gasteiger partial charge in [-0.05, 0) is 24.5 Å². The Hall–Kier alpha value is -1.08. The van der Waals surface area contributed by atoms with Crippen molar-refractivity contribution in [2.75, 3.05) is 0 Å². The quantitative estimate of drug-likeness (QED) is 0.750. The average Bonchev–Trinajstić information content (AvgIpc) is 2.18. The predicted molar refractivity (Wildman–Crippen MR) is 56.4 cm³/mol. The summed E-state index contributed by atoms with van der Waals surface area (Å²) in [5.41, 5.74) is 2.17. The fourth-order valence-corrected chi connectivity index (χ4v) is 1.23. The summed E-state index contributed by atoms with van der Waals surface area (Å²) in [5, 5.41) is 9.52. The van der Waals surface area contributed by atoms with Crippen LogP contribution in [0.4, 0.5) is 0 Å². The summed E-state index contributed by atoms with van der Waals surface area (Å²) in [6, 6.07) is 10.1. The Morgan fingerprint density at radius 2 is 2.00 bits per heavy atom. The minimum atomic E-state index is -0.305. The van der Waals surface area contributed by atoms with Crippen molar-refractivity contribution < 1.29 is 5.11 Å². The third-order valence-electron chi connectivity index (χ3n) is 2.11. The van der Waals surface area contributed by atoms with Crippen molar-refractivity contribution in [3.63, 3.8) is 0 Å². The molecule has 0 fully saturated rings. The Morgan fingerprint density at radius 3 is 2.54 bits per heavy atom. The van der Waals surface area contributed by atoms with E-state index in [0.29, 0.717) is 0 Å². The number of aliphatic hydroxyl groups excluding tert-OH is 1. The highest BCUT2D eigenvalue weighted by atomic mass is 16.3. The third-order valence-corrected chi connectivity index (χ3v) is 2.11. The molecule has 1 nitrogen and oxygen atoms in total. The van der Waals surface area contributed by atoms with Gasteiger partial charge in [-0.15, -0.1) is 0 Å². The summed E-state index contributed by atoms with van der Waals surface area (Å²) < 4.78 is 0. The van der Waals surface area contributed by atoms with Crippen LogP contribution >= 0.6 is 0 Å². The fraction of sp³-hybridized carbons (Fsp3) is 0.333. The summed E-state index contributed by atoms with van der Waals surface area (Å²) in [4.78, 5) is 0. The van der Waals surface area contributed by atoms with E-state index in [1.54, 1.807) is 0 Å². The average molecular weight is 176 g/mol. The monoisotopic (exact) mass is 176 g/mol. The first kappa shape index (κ1) is 10.0. The van der Waals surface area contributed by atoms with Crippen molar-refractivity contribution in [3.8, 4) is 0 Å². The van der Waals surface area contributed by atoms with Crippen molar-refractivity contribution in [1.82, 2.24) is 0 Å². The first-order valence-electron chi connectivity index (χ1n) is 4.65. The molecule has 0 radical (unpaired) electrons. The van der Waals surface area contributed by atoms with Crippen LogP contribution in [0.1, 0.15) is 25.8 Å². The van der Waals surface area contributed by atoms with Gasteiger partial charge in [-0.1, -0.05) is 43.3 Å². The highest BCUT2D eigenvalue weighted by Gasteiger charge is 2.01. The van der Waals surface area contributed by atoms with Gasteiger partial charge in [0.2, 0.25) is 0 Å². The van der Waals surface area contributed by atoms with Crippen molar-refractivity contribution in [2.24, 2.45) is 0 Å². The number of hydrogen-bond donors (Lipinski definition) is 1. The van der Waals surface area contributed by atoms with Gasteiger partial charge in [0, 0.05) is 0 Å². The largest absolute Gasteiger partial charge is 0.389 e. The van der Waals surface area contributed by atoms with Crippen LogP contribution in [0.25, 0.3) is 6.08 Å². The van der Waals surface area contributed by atoms with Gasteiger partial charge in [-0.3, -0.25) is 0 Å². The highest BCUT2D eigenvalue weighted by Crippen LogP contribution is 2.11. The second kappa shape index (κ2) is 4.83. The Morgan fingerprint density at radius 1 is 1.38 bits per heavy atom. The molecule has 70 valence electrons. The smallest absolute Gasteiger partial charge is 0.0748 e. The van der Waals surface area contributed by atoms with E-state index in [9.17, 15) is 5.11 Å².